The topological polar surface area (TPSA) is 95.4 Å². The lowest BCUT2D eigenvalue weighted by molar-refractivity contribution is -0.143. The third-order valence-electron chi connectivity index (χ3n) is 4.08. The van der Waals surface area contributed by atoms with Crippen LogP contribution in [0.2, 0.25) is 0 Å². The van der Waals surface area contributed by atoms with E-state index in [1.165, 1.54) is 24.9 Å². The van der Waals surface area contributed by atoms with Gasteiger partial charge in [0.2, 0.25) is 12.3 Å². The van der Waals surface area contributed by atoms with E-state index >= 15 is 0 Å². The van der Waals surface area contributed by atoms with Crippen LogP contribution < -0.4 is 0 Å². The van der Waals surface area contributed by atoms with Crippen molar-refractivity contribution in [3.05, 3.63) is 72.2 Å². The van der Waals surface area contributed by atoms with Crippen molar-refractivity contribution in [1.82, 2.24) is 34.9 Å². The monoisotopic (exact) mass is 453 g/mol. The summed E-state index contributed by atoms with van der Waals surface area (Å²) in [4.78, 5) is 11.6. The Kier molecular flexibility index (Phi) is 5.20. The maximum atomic E-state index is 13.1. The minimum Gasteiger partial charge on any atom is -0.423 e. The lowest BCUT2D eigenvalue weighted by Gasteiger charge is -2.13. The number of rotatable bonds is 4. The standard InChI is InChI=1S/C18H9F6N7O/c19-17(20,21)12-1-10(2-13(3-12)18(22,23)24)15-27-8-31(30-15)6-14(16-29-28-9-32-16)11-4-25-7-26-5-11/h1-9H/b14-6+. The Hall–Kier alpha value is -4.10. The zero-order chi connectivity index (χ0) is 22.9. The second kappa shape index (κ2) is 7.86. The maximum Gasteiger partial charge on any atom is 0.416 e. The highest BCUT2D eigenvalue weighted by molar-refractivity contribution is 5.82. The summed E-state index contributed by atoms with van der Waals surface area (Å²) in [6.07, 6.45) is -2.32. The van der Waals surface area contributed by atoms with E-state index in [4.69, 9.17) is 4.42 Å². The average Bonchev–Trinajstić information content (AvgIpc) is 3.43. The van der Waals surface area contributed by atoms with E-state index < -0.39 is 29.0 Å². The molecule has 0 fully saturated rings. The third-order valence-corrected chi connectivity index (χ3v) is 4.08. The van der Waals surface area contributed by atoms with Gasteiger partial charge in [0.1, 0.15) is 12.7 Å². The average molecular weight is 453 g/mol. The number of nitrogens with zero attached hydrogens (tertiary/aromatic N) is 7. The Morgan fingerprint density at radius 1 is 0.938 bits per heavy atom. The van der Waals surface area contributed by atoms with Gasteiger partial charge in [-0.1, -0.05) is 0 Å². The van der Waals surface area contributed by atoms with E-state index in [9.17, 15) is 26.3 Å². The van der Waals surface area contributed by atoms with Crippen LogP contribution in [0.4, 0.5) is 26.3 Å². The summed E-state index contributed by atoms with van der Waals surface area (Å²) in [5.74, 6) is -0.303. The van der Waals surface area contributed by atoms with E-state index in [0.717, 1.165) is 17.4 Å². The molecule has 4 rings (SSSR count). The van der Waals surface area contributed by atoms with Crippen LogP contribution in [0.3, 0.4) is 0 Å². The normalized spacial score (nSPS) is 12.9. The first-order valence-corrected chi connectivity index (χ1v) is 8.56. The first-order valence-electron chi connectivity index (χ1n) is 8.56. The van der Waals surface area contributed by atoms with Gasteiger partial charge in [-0.05, 0) is 18.2 Å². The Balaban J connectivity index is 1.78. The van der Waals surface area contributed by atoms with Gasteiger partial charge in [0, 0.05) is 29.7 Å². The molecular weight excluding hydrogens is 444 g/mol. The summed E-state index contributed by atoms with van der Waals surface area (Å²) in [7, 11) is 0. The van der Waals surface area contributed by atoms with Crippen molar-refractivity contribution in [3.8, 4) is 11.4 Å². The molecule has 8 nitrogen and oxygen atoms in total. The molecule has 0 aliphatic heterocycles. The van der Waals surface area contributed by atoms with Crippen molar-refractivity contribution in [2.24, 2.45) is 0 Å². The van der Waals surface area contributed by atoms with Crippen molar-refractivity contribution < 1.29 is 30.8 Å². The largest absolute Gasteiger partial charge is 0.423 e. The number of alkyl halides is 6. The molecule has 0 aliphatic rings. The molecule has 0 atom stereocenters. The summed E-state index contributed by atoms with van der Waals surface area (Å²) in [6.45, 7) is 0. The molecule has 0 saturated carbocycles. The molecule has 4 aromatic rings. The fraction of sp³-hybridized carbons (Fsp3) is 0.111. The van der Waals surface area contributed by atoms with Crippen LogP contribution in [0.5, 0.6) is 0 Å². The molecular formula is C18H9F6N7O. The lowest BCUT2D eigenvalue weighted by Crippen LogP contribution is -2.11. The Morgan fingerprint density at radius 3 is 2.16 bits per heavy atom. The van der Waals surface area contributed by atoms with Crippen LogP contribution in [0, 0.1) is 0 Å². The molecule has 0 amide bonds. The molecule has 0 N–H and O–H groups in total. The van der Waals surface area contributed by atoms with Gasteiger partial charge in [0.15, 0.2) is 5.82 Å². The number of benzene rings is 1. The van der Waals surface area contributed by atoms with Crippen molar-refractivity contribution in [2.75, 3.05) is 0 Å². The van der Waals surface area contributed by atoms with Gasteiger partial charge in [-0.25, -0.2) is 19.6 Å². The van der Waals surface area contributed by atoms with E-state index in [-0.39, 0.29) is 17.8 Å². The third kappa shape index (κ3) is 4.48. The van der Waals surface area contributed by atoms with Crippen LogP contribution in [-0.4, -0.2) is 34.9 Å². The smallest absolute Gasteiger partial charge is 0.416 e. The summed E-state index contributed by atoms with van der Waals surface area (Å²) >= 11 is 0. The summed E-state index contributed by atoms with van der Waals surface area (Å²) in [6, 6.07) is 1.12. The van der Waals surface area contributed by atoms with E-state index in [2.05, 4.69) is 30.2 Å². The zero-order valence-electron chi connectivity index (χ0n) is 15.5. The Labute approximate surface area is 174 Å². The molecule has 0 saturated heterocycles. The molecule has 0 radical (unpaired) electrons. The fourth-order valence-electron chi connectivity index (χ4n) is 2.67. The van der Waals surface area contributed by atoms with Crippen LogP contribution in [0.15, 0.2) is 54.1 Å². The Morgan fingerprint density at radius 2 is 1.59 bits per heavy atom. The molecule has 0 aliphatic carbocycles. The highest BCUT2D eigenvalue weighted by Gasteiger charge is 2.37. The highest BCUT2D eigenvalue weighted by atomic mass is 19.4. The highest BCUT2D eigenvalue weighted by Crippen LogP contribution is 2.38. The number of hydrogen-bond donors (Lipinski definition) is 0. The van der Waals surface area contributed by atoms with Crippen LogP contribution in [0.1, 0.15) is 22.6 Å². The van der Waals surface area contributed by atoms with E-state index in [1.54, 1.807) is 0 Å². The van der Waals surface area contributed by atoms with E-state index in [0.29, 0.717) is 23.3 Å². The first-order chi connectivity index (χ1) is 15.1. The number of aromatic nitrogens is 7. The minimum absolute atomic E-state index is 0.0312. The van der Waals surface area contributed by atoms with Gasteiger partial charge in [-0.3, -0.25) is 0 Å². The number of hydrogen-bond acceptors (Lipinski definition) is 7. The summed E-state index contributed by atoms with van der Waals surface area (Å²) < 4.78 is 84.9. The maximum absolute atomic E-state index is 13.1. The molecule has 164 valence electrons. The molecule has 3 heterocycles. The molecule has 0 bridgehead atoms. The van der Waals surface area contributed by atoms with Gasteiger partial charge in [-0.2, -0.15) is 26.3 Å². The summed E-state index contributed by atoms with van der Waals surface area (Å²) in [5.41, 5.74) is -2.67. The van der Waals surface area contributed by atoms with Gasteiger partial charge in [-0.15, -0.1) is 15.3 Å². The predicted molar refractivity (Wildman–Crippen MR) is 95.1 cm³/mol. The molecule has 3 aromatic heterocycles. The van der Waals surface area contributed by atoms with E-state index in [1.807, 2.05) is 0 Å². The van der Waals surface area contributed by atoms with Crippen molar-refractivity contribution >= 4 is 11.8 Å². The second-order valence-corrected chi connectivity index (χ2v) is 6.26. The SMILES string of the molecule is FC(F)(F)c1cc(-c2ncn(/C=C(\c3cncnc3)c3nnco3)n2)cc(C(F)(F)F)c1. The predicted octanol–water partition coefficient (Wildman–Crippen LogP) is 4.20. The van der Waals surface area contributed by atoms with Gasteiger partial charge >= 0.3 is 12.4 Å². The molecule has 1 aromatic carbocycles. The van der Waals surface area contributed by atoms with Crippen molar-refractivity contribution in [2.45, 2.75) is 12.4 Å². The molecule has 32 heavy (non-hydrogen) atoms. The Bertz CT molecular complexity index is 1210. The number of halogens is 6. The quantitative estimate of drug-likeness (QED) is 0.428. The molecule has 14 heteroatoms. The molecule has 0 spiro atoms. The van der Waals surface area contributed by atoms with Gasteiger partial charge in [0.05, 0.1) is 16.7 Å². The first kappa shape index (κ1) is 21.1. The van der Waals surface area contributed by atoms with Crippen LogP contribution in [-0.2, 0) is 12.4 Å². The van der Waals surface area contributed by atoms with Crippen LogP contribution in [0.25, 0.3) is 23.2 Å². The van der Waals surface area contributed by atoms with Crippen molar-refractivity contribution in [1.29, 1.82) is 0 Å². The van der Waals surface area contributed by atoms with Gasteiger partial charge < -0.3 is 4.42 Å². The lowest BCUT2D eigenvalue weighted by atomic mass is 10.0. The minimum atomic E-state index is -4.99. The summed E-state index contributed by atoms with van der Waals surface area (Å²) in [5, 5.41) is 11.3. The fourth-order valence-corrected chi connectivity index (χ4v) is 2.67. The second-order valence-electron chi connectivity index (χ2n) is 6.26. The molecule has 0 unspecified atom stereocenters. The van der Waals surface area contributed by atoms with Gasteiger partial charge in [0.25, 0.3) is 0 Å². The van der Waals surface area contributed by atoms with Crippen molar-refractivity contribution in [3.63, 3.8) is 0 Å². The van der Waals surface area contributed by atoms with Crippen LogP contribution >= 0.6 is 0 Å². The zero-order valence-corrected chi connectivity index (χ0v) is 15.5.